The van der Waals surface area contributed by atoms with Crippen molar-refractivity contribution in [1.29, 1.82) is 0 Å². The van der Waals surface area contributed by atoms with Gasteiger partial charge in [-0.15, -0.1) is 0 Å². The smallest absolute Gasteiger partial charge is 0.410 e. The van der Waals surface area contributed by atoms with Crippen LogP contribution in [0, 0.1) is 5.92 Å². The molecule has 2 atom stereocenters. The Hall–Kier alpha value is -2.82. The first-order valence-corrected chi connectivity index (χ1v) is 10.3. The van der Waals surface area contributed by atoms with Gasteiger partial charge in [-0.05, 0) is 43.7 Å². The van der Waals surface area contributed by atoms with Gasteiger partial charge in [-0.3, -0.25) is 4.79 Å². The first-order chi connectivity index (χ1) is 14.2. The summed E-state index contributed by atoms with van der Waals surface area (Å²) < 4.78 is 10.8. The molecule has 0 unspecified atom stereocenters. The van der Waals surface area contributed by atoms with E-state index in [9.17, 15) is 9.59 Å². The maximum atomic E-state index is 12.7. The summed E-state index contributed by atoms with van der Waals surface area (Å²) in [6.07, 6.45) is 2.70. The van der Waals surface area contributed by atoms with Crippen molar-refractivity contribution in [3.05, 3.63) is 71.8 Å². The summed E-state index contributed by atoms with van der Waals surface area (Å²) in [6.45, 7) is 3.10. The number of benzene rings is 2. The minimum Gasteiger partial charge on any atom is -0.466 e. The van der Waals surface area contributed by atoms with Crippen LogP contribution in [0.3, 0.4) is 0 Å². The third-order valence-electron chi connectivity index (χ3n) is 5.32. The molecule has 2 aromatic rings. The molecule has 29 heavy (non-hydrogen) atoms. The first-order valence-electron chi connectivity index (χ1n) is 10.3. The number of esters is 1. The third-order valence-corrected chi connectivity index (χ3v) is 5.32. The van der Waals surface area contributed by atoms with Crippen LogP contribution in [0.2, 0.25) is 0 Å². The number of likely N-dealkylation sites (tertiary alicyclic amines) is 1. The van der Waals surface area contributed by atoms with Gasteiger partial charge < -0.3 is 14.4 Å². The van der Waals surface area contributed by atoms with Crippen molar-refractivity contribution in [2.45, 2.75) is 45.3 Å². The molecule has 0 aromatic heterocycles. The van der Waals surface area contributed by atoms with Gasteiger partial charge in [0.2, 0.25) is 0 Å². The molecule has 1 saturated heterocycles. The summed E-state index contributed by atoms with van der Waals surface area (Å²) in [6, 6.07) is 19.6. The van der Waals surface area contributed by atoms with Crippen molar-refractivity contribution in [3.8, 4) is 0 Å². The Kier molecular flexibility index (Phi) is 7.68. The highest BCUT2D eigenvalue weighted by Crippen LogP contribution is 2.27. The van der Waals surface area contributed by atoms with Gasteiger partial charge in [-0.25, -0.2) is 4.79 Å². The number of hydrogen-bond donors (Lipinski definition) is 0. The summed E-state index contributed by atoms with van der Waals surface area (Å²) in [7, 11) is 0. The molecule has 0 N–H and O–H groups in total. The molecule has 5 heteroatoms. The summed E-state index contributed by atoms with van der Waals surface area (Å²) in [4.78, 5) is 27.0. The zero-order valence-corrected chi connectivity index (χ0v) is 17.0. The molecule has 5 nitrogen and oxygen atoms in total. The van der Waals surface area contributed by atoms with Crippen LogP contribution in [-0.4, -0.2) is 36.2 Å². The summed E-state index contributed by atoms with van der Waals surface area (Å²) >= 11 is 0. The molecule has 0 saturated carbocycles. The predicted octanol–water partition coefficient (Wildman–Crippen LogP) is 4.60. The Morgan fingerprint density at radius 2 is 1.66 bits per heavy atom. The van der Waals surface area contributed by atoms with Crippen LogP contribution in [0.1, 0.15) is 37.3 Å². The van der Waals surface area contributed by atoms with Gasteiger partial charge in [-0.1, -0.05) is 60.7 Å². The van der Waals surface area contributed by atoms with E-state index < -0.39 is 0 Å². The highest BCUT2D eigenvalue weighted by molar-refractivity contribution is 5.73. The molecule has 0 radical (unpaired) electrons. The number of carbonyl (C=O) groups is 2. The second kappa shape index (κ2) is 10.6. The summed E-state index contributed by atoms with van der Waals surface area (Å²) in [5, 5.41) is 0. The number of carbonyl (C=O) groups excluding carboxylic acids is 2. The fourth-order valence-electron chi connectivity index (χ4n) is 3.87. The Bertz CT molecular complexity index is 778. The molecule has 1 aliphatic heterocycles. The molecule has 3 rings (SSSR count). The quantitative estimate of drug-likeness (QED) is 0.613. The third kappa shape index (κ3) is 6.08. The average molecular weight is 395 g/mol. The number of nitrogens with zero attached hydrogens (tertiary/aromatic N) is 1. The fourth-order valence-corrected chi connectivity index (χ4v) is 3.87. The van der Waals surface area contributed by atoms with Crippen LogP contribution < -0.4 is 0 Å². The maximum absolute atomic E-state index is 12.7. The first kappa shape index (κ1) is 20.9. The van der Waals surface area contributed by atoms with E-state index in [4.69, 9.17) is 9.47 Å². The molecule has 1 amide bonds. The van der Waals surface area contributed by atoms with Gasteiger partial charge in [0.25, 0.3) is 0 Å². The van der Waals surface area contributed by atoms with Crippen LogP contribution >= 0.6 is 0 Å². The van der Waals surface area contributed by atoms with Gasteiger partial charge in [0.05, 0.1) is 12.5 Å². The van der Waals surface area contributed by atoms with Crippen molar-refractivity contribution >= 4 is 12.1 Å². The van der Waals surface area contributed by atoms with Crippen LogP contribution in [-0.2, 0) is 27.3 Å². The van der Waals surface area contributed by atoms with Crippen molar-refractivity contribution < 1.29 is 19.1 Å². The van der Waals surface area contributed by atoms with E-state index in [1.807, 2.05) is 67.6 Å². The summed E-state index contributed by atoms with van der Waals surface area (Å²) in [5.41, 5.74) is 2.06. The van der Waals surface area contributed by atoms with Gasteiger partial charge >= 0.3 is 12.1 Å². The normalized spacial score (nSPS) is 17.0. The number of hydrogen-bond acceptors (Lipinski definition) is 4. The summed E-state index contributed by atoms with van der Waals surface area (Å²) in [5.74, 6) is -0.467. The van der Waals surface area contributed by atoms with E-state index in [2.05, 4.69) is 0 Å². The molecule has 2 aromatic carbocycles. The van der Waals surface area contributed by atoms with Gasteiger partial charge in [0, 0.05) is 12.6 Å². The predicted molar refractivity (Wildman–Crippen MR) is 111 cm³/mol. The van der Waals surface area contributed by atoms with Crippen molar-refractivity contribution in [3.63, 3.8) is 0 Å². The number of rotatable bonds is 8. The van der Waals surface area contributed by atoms with Crippen molar-refractivity contribution in [2.24, 2.45) is 5.92 Å². The second-order valence-electron chi connectivity index (χ2n) is 7.40. The van der Waals surface area contributed by atoms with Crippen LogP contribution in [0.5, 0.6) is 0 Å². The second-order valence-corrected chi connectivity index (χ2v) is 7.40. The molecule has 1 aliphatic rings. The lowest BCUT2D eigenvalue weighted by Crippen LogP contribution is -2.38. The lowest BCUT2D eigenvalue weighted by molar-refractivity contribution is -0.148. The molecular weight excluding hydrogens is 366 g/mol. The number of amides is 1. The highest BCUT2D eigenvalue weighted by atomic mass is 16.6. The molecule has 0 bridgehead atoms. The molecule has 0 aliphatic carbocycles. The highest BCUT2D eigenvalue weighted by Gasteiger charge is 2.34. The van der Waals surface area contributed by atoms with E-state index in [1.54, 1.807) is 4.90 Å². The Morgan fingerprint density at radius 3 is 2.31 bits per heavy atom. The van der Waals surface area contributed by atoms with Crippen LogP contribution in [0.4, 0.5) is 4.79 Å². The zero-order chi connectivity index (χ0) is 20.5. The van der Waals surface area contributed by atoms with Gasteiger partial charge in [-0.2, -0.15) is 0 Å². The van der Waals surface area contributed by atoms with E-state index in [0.717, 1.165) is 24.0 Å². The monoisotopic (exact) mass is 395 g/mol. The van der Waals surface area contributed by atoms with Crippen LogP contribution in [0.25, 0.3) is 0 Å². The number of ether oxygens (including phenoxy) is 2. The fraction of sp³-hybridized carbons (Fsp3) is 0.417. The van der Waals surface area contributed by atoms with Crippen LogP contribution in [0.15, 0.2) is 60.7 Å². The molecule has 154 valence electrons. The van der Waals surface area contributed by atoms with Gasteiger partial charge in [0.1, 0.15) is 6.61 Å². The molecular formula is C24H29NO4. The Labute approximate surface area is 172 Å². The van der Waals surface area contributed by atoms with Gasteiger partial charge in [0.15, 0.2) is 0 Å². The standard InChI is InChI=1S/C24H29NO4/c1-2-28-23(26)21(16-19-10-5-3-6-11-19)17-22-14-9-15-25(22)24(27)29-18-20-12-7-4-8-13-20/h3-8,10-13,21-22H,2,9,14-18H2,1H3/t21-,22-/m0/s1. The molecule has 1 heterocycles. The van der Waals surface area contributed by atoms with E-state index >= 15 is 0 Å². The largest absolute Gasteiger partial charge is 0.466 e. The Morgan fingerprint density at radius 1 is 1.00 bits per heavy atom. The van der Waals surface area contributed by atoms with Crippen molar-refractivity contribution in [2.75, 3.05) is 13.2 Å². The molecule has 1 fully saturated rings. The SMILES string of the molecule is CCOC(=O)[C@@H](Cc1ccccc1)C[C@@H]1CCCN1C(=O)OCc1ccccc1. The Balaban J connectivity index is 1.62. The minimum atomic E-state index is -0.307. The molecule has 0 spiro atoms. The van der Waals surface area contributed by atoms with Crippen molar-refractivity contribution in [1.82, 2.24) is 4.90 Å². The topological polar surface area (TPSA) is 55.8 Å². The van der Waals surface area contributed by atoms with E-state index in [-0.39, 0.29) is 30.6 Å². The average Bonchev–Trinajstić information content (AvgIpc) is 3.21. The lowest BCUT2D eigenvalue weighted by atomic mass is 9.92. The van der Waals surface area contributed by atoms with E-state index in [0.29, 0.717) is 26.0 Å². The minimum absolute atomic E-state index is 0.00334. The maximum Gasteiger partial charge on any atom is 0.410 e. The van der Waals surface area contributed by atoms with E-state index in [1.165, 1.54) is 0 Å². The zero-order valence-electron chi connectivity index (χ0n) is 17.0. The lowest BCUT2D eigenvalue weighted by Gasteiger charge is -2.27.